The zero-order chi connectivity index (χ0) is 20.7. The third-order valence-corrected chi connectivity index (χ3v) is 6.13. The monoisotopic (exact) mass is 428 g/mol. The fourth-order valence-electron chi connectivity index (χ4n) is 3.91. The van der Waals surface area contributed by atoms with Crippen molar-refractivity contribution in [3.8, 4) is 0 Å². The summed E-state index contributed by atoms with van der Waals surface area (Å²) in [5, 5.41) is 3.44. The van der Waals surface area contributed by atoms with E-state index in [-0.39, 0.29) is 29.2 Å². The normalized spacial score (nSPS) is 21.1. The van der Waals surface area contributed by atoms with E-state index in [0.717, 1.165) is 5.57 Å². The number of anilines is 2. The van der Waals surface area contributed by atoms with E-state index in [4.69, 9.17) is 23.2 Å². The highest BCUT2D eigenvalue weighted by Gasteiger charge is 2.49. The Morgan fingerprint density at radius 2 is 1.76 bits per heavy atom. The highest BCUT2D eigenvalue weighted by atomic mass is 35.5. The summed E-state index contributed by atoms with van der Waals surface area (Å²) in [6, 6.07) is 11.4. The Morgan fingerprint density at radius 3 is 2.52 bits per heavy atom. The molecule has 29 heavy (non-hydrogen) atoms. The standard InChI is InChI=1S/C22H18Cl2N2O3/c1-12-6-8-14-16(10-12)22(29)26(21(14)28)19-5-3-2-4-15(19)20(27)25-13-7-9-17(23)18(24)11-13/h2-7,9,11,14,16H,8,10H2,1H3,(H,25,27)/t14-,16-/m0/s1. The van der Waals surface area contributed by atoms with Gasteiger partial charge < -0.3 is 5.32 Å². The van der Waals surface area contributed by atoms with Crippen molar-refractivity contribution in [1.82, 2.24) is 0 Å². The average molecular weight is 429 g/mol. The van der Waals surface area contributed by atoms with Crippen LogP contribution in [0.1, 0.15) is 30.1 Å². The Bertz CT molecular complexity index is 1060. The van der Waals surface area contributed by atoms with Crippen molar-refractivity contribution in [3.05, 3.63) is 69.7 Å². The van der Waals surface area contributed by atoms with Gasteiger partial charge in [-0.2, -0.15) is 0 Å². The topological polar surface area (TPSA) is 66.5 Å². The summed E-state index contributed by atoms with van der Waals surface area (Å²) in [7, 11) is 0. The molecule has 0 aromatic heterocycles. The maximum Gasteiger partial charge on any atom is 0.257 e. The molecule has 1 aliphatic heterocycles. The van der Waals surface area contributed by atoms with Gasteiger partial charge in [-0.05, 0) is 50.1 Å². The van der Waals surface area contributed by atoms with Gasteiger partial charge in [0, 0.05) is 5.69 Å². The summed E-state index contributed by atoms with van der Waals surface area (Å²) in [5.74, 6) is -1.67. The Hall–Kier alpha value is -2.63. The van der Waals surface area contributed by atoms with Crippen LogP contribution in [0.15, 0.2) is 54.1 Å². The number of nitrogens with one attached hydrogen (secondary N) is 1. The van der Waals surface area contributed by atoms with Crippen LogP contribution in [-0.2, 0) is 9.59 Å². The van der Waals surface area contributed by atoms with E-state index in [0.29, 0.717) is 34.3 Å². The number of rotatable bonds is 3. The molecule has 0 spiro atoms. The molecule has 3 amide bonds. The smallest absolute Gasteiger partial charge is 0.257 e. The van der Waals surface area contributed by atoms with Gasteiger partial charge in [0.1, 0.15) is 0 Å². The average Bonchev–Trinajstić information content (AvgIpc) is 2.94. The van der Waals surface area contributed by atoms with Gasteiger partial charge in [-0.1, -0.05) is 47.0 Å². The first-order valence-electron chi connectivity index (χ1n) is 9.25. The predicted molar refractivity (Wildman–Crippen MR) is 113 cm³/mol. The number of halogens is 2. The molecule has 0 unspecified atom stereocenters. The zero-order valence-electron chi connectivity index (χ0n) is 15.6. The number of para-hydroxylation sites is 1. The fraction of sp³-hybridized carbons (Fsp3) is 0.227. The first kappa shape index (κ1) is 19.7. The van der Waals surface area contributed by atoms with Crippen molar-refractivity contribution < 1.29 is 14.4 Å². The third kappa shape index (κ3) is 3.56. The van der Waals surface area contributed by atoms with E-state index in [1.54, 1.807) is 42.5 Å². The SMILES string of the molecule is CC1=CC[C@@H]2C(=O)N(c3ccccc3C(=O)Nc3ccc(Cl)c(Cl)c3)C(=O)[C@H]2C1. The van der Waals surface area contributed by atoms with Crippen molar-refractivity contribution in [2.75, 3.05) is 10.2 Å². The number of hydrogen-bond donors (Lipinski definition) is 1. The molecule has 1 aliphatic carbocycles. The number of amides is 3. The lowest BCUT2D eigenvalue weighted by Crippen LogP contribution is -2.33. The Balaban J connectivity index is 1.65. The molecule has 0 saturated carbocycles. The predicted octanol–water partition coefficient (Wildman–Crippen LogP) is 5.09. The van der Waals surface area contributed by atoms with Crippen molar-refractivity contribution in [1.29, 1.82) is 0 Å². The van der Waals surface area contributed by atoms with Crippen LogP contribution in [0, 0.1) is 11.8 Å². The summed E-state index contributed by atoms with van der Waals surface area (Å²) < 4.78 is 0. The van der Waals surface area contributed by atoms with Crippen LogP contribution in [0.3, 0.4) is 0 Å². The number of benzene rings is 2. The molecule has 1 heterocycles. The Kier molecular flexibility index (Phi) is 5.19. The Morgan fingerprint density at radius 1 is 1.03 bits per heavy atom. The molecule has 1 saturated heterocycles. The Labute approximate surface area is 178 Å². The summed E-state index contributed by atoms with van der Waals surface area (Å²) in [4.78, 5) is 40.1. The highest BCUT2D eigenvalue weighted by molar-refractivity contribution is 6.42. The van der Waals surface area contributed by atoms with Gasteiger partial charge in [-0.25, -0.2) is 4.90 Å². The van der Waals surface area contributed by atoms with Crippen LogP contribution in [0.25, 0.3) is 0 Å². The molecule has 0 radical (unpaired) electrons. The first-order valence-corrected chi connectivity index (χ1v) is 10.0. The van der Waals surface area contributed by atoms with Crippen LogP contribution in [0.5, 0.6) is 0 Å². The molecular formula is C22H18Cl2N2O3. The van der Waals surface area contributed by atoms with Gasteiger partial charge in [-0.15, -0.1) is 0 Å². The van der Waals surface area contributed by atoms with Crippen LogP contribution in [-0.4, -0.2) is 17.7 Å². The van der Waals surface area contributed by atoms with E-state index in [1.165, 1.54) is 4.90 Å². The summed E-state index contributed by atoms with van der Waals surface area (Å²) in [5.41, 5.74) is 2.11. The van der Waals surface area contributed by atoms with E-state index >= 15 is 0 Å². The lowest BCUT2D eigenvalue weighted by molar-refractivity contribution is -0.122. The van der Waals surface area contributed by atoms with Crippen LogP contribution in [0.2, 0.25) is 10.0 Å². The second-order valence-corrected chi connectivity index (χ2v) is 8.13. The fourth-order valence-corrected chi connectivity index (χ4v) is 4.21. The molecule has 2 aromatic carbocycles. The van der Waals surface area contributed by atoms with Gasteiger partial charge >= 0.3 is 0 Å². The molecule has 2 atom stereocenters. The van der Waals surface area contributed by atoms with Gasteiger partial charge in [-0.3, -0.25) is 14.4 Å². The molecule has 4 rings (SSSR count). The summed E-state index contributed by atoms with van der Waals surface area (Å²) >= 11 is 11.9. The van der Waals surface area contributed by atoms with Crippen LogP contribution >= 0.6 is 23.2 Å². The minimum atomic E-state index is -0.441. The number of nitrogens with zero attached hydrogens (tertiary/aromatic N) is 1. The van der Waals surface area contributed by atoms with E-state index in [2.05, 4.69) is 5.32 Å². The van der Waals surface area contributed by atoms with Crippen molar-refractivity contribution in [2.24, 2.45) is 11.8 Å². The lowest BCUT2D eigenvalue weighted by Gasteiger charge is -2.19. The van der Waals surface area contributed by atoms with Crippen molar-refractivity contribution >= 4 is 52.3 Å². The molecular weight excluding hydrogens is 411 g/mol. The number of fused-ring (bicyclic) bond motifs is 1. The van der Waals surface area contributed by atoms with E-state index in [9.17, 15) is 14.4 Å². The van der Waals surface area contributed by atoms with Crippen molar-refractivity contribution in [3.63, 3.8) is 0 Å². The van der Waals surface area contributed by atoms with Crippen molar-refractivity contribution in [2.45, 2.75) is 19.8 Å². The van der Waals surface area contributed by atoms with Gasteiger partial charge in [0.25, 0.3) is 5.91 Å². The maximum absolute atomic E-state index is 13.0. The van der Waals surface area contributed by atoms with Gasteiger partial charge in [0.05, 0.1) is 33.1 Å². The maximum atomic E-state index is 13.0. The van der Waals surface area contributed by atoms with Gasteiger partial charge in [0.15, 0.2) is 0 Å². The largest absolute Gasteiger partial charge is 0.322 e. The quantitative estimate of drug-likeness (QED) is 0.546. The highest BCUT2D eigenvalue weighted by Crippen LogP contribution is 2.40. The number of allylic oxidation sites excluding steroid dienone is 2. The molecule has 1 N–H and O–H groups in total. The minimum absolute atomic E-state index is 0.239. The lowest BCUT2D eigenvalue weighted by atomic mass is 9.82. The number of hydrogen-bond acceptors (Lipinski definition) is 3. The molecule has 7 heteroatoms. The molecule has 148 valence electrons. The zero-order valence-corrected chi connectivity index (χ0v) is 17.1. The van der Waals surface area contributed by atoms with E-state index < -0.39 is 5.91 Å². The second kappa shape index (κ2) is 7.65. The summed E-state index contributed by atoms with van der Waals surface area (Å²) in [6.07, 6.45) is 3.14. The molecule has 2 aromatic rings. The van der Waals surface area contributed by atoms with Crippen LogP contribution in [0.4, 0.5) is 11.4 Å². The molecule has 5 nitrogen and oxygen atoms in total. The van der Waals surface area contributed by atoms with E-state index in [1.807, 2.05) is 13.0 Å². The number of carbonyl (C=O) groups excluding carboxylic acids is 3. The molecule has 1 fully saturated rings. The third-order valence-electron chi connectivity index (χ3n) is 5.39. The summed E-state index contributed by atoms with van der Waals surface area (Å²) in [6.45, 7) is 1.97. The number of imide groups is 1. The minimum Gasteiger partial charge on any atom is -0.322 e. The number of carbonyl (C=O) groups is 3. The molecule has 2 aliphatic rings. The first-order chi connectivity index (χ1) is 13.9. The van der Waals surface area contributed by atoms with Gasteiger partial charge in [0.2, 0.25) is 11.8 Å². The molecule has 0 bridgehead atoms. The second-order valence-electron chi connectivity index (χ2n) is 7.32. The van der Waals surface area contributed by atoms with Crippen LogP contribution < -0.4 is 10.2 Å².